The van der Waals surface area contributed by atoms with Gasteiger partial charge in [0.05, 0.1) is 44.1 Å². The molecule has 1 aliphatic carbocycles. The second-order valence-corrected chi connectivity index (χ2v) is 19.5. The summed E-state index contributed by atoms with van der Waals surface area (Å²) in [5, 5.41) is 4.93. The van der Waals surface area contributed by atoms with Gasteiger partial charge in [0, 0.05) is 39.9 Å². The zero-order valence-electron chi connectivity index (χ0n) is 28.1. The van der Waals surface area contributed by atoms with Crippen LogP contribution in [0.25, 0.3) is 16.7 Å². The van der Waals surface area contributed by atoms with E-state index in [1.807, 2.05) is 28.9 Å². The van der Waals surface area contributed by atoms with E-state index in [-0.39, 0.29) is 0 Å². The molecule has 1 aliphatic heterocycles. The highest BCUT2D eigenvalue weighted by Gasteiger charge is 2.28. The quantitative estimate of drug-likeness (QED) is 0.110. The highest BCUT2D eigenvalue weighted by atomic mass is 28.3. The smallest absolute Gasteiger partial charge is 0.232 e. The van der Waals surface area contributed by atoms with E-state index in [1.54, 1.807) is 7.11 Å². The summed E-state index contributed by atoms with van der Waals surface area (Å²) < 4.78 is 21.6. The van der Waals surface area contributed by atoms with E-state index in [4.69, 9.17) is 34.3 Å². The number of anilines is 2. The van der Waals surface area contributed by atoms with E-state index in [2.05, 4.69) is 64.3 Å². The summed E-state index contributed by atoms with van der Waals surface area (Å²) >= 11 is 0. The Hall–Kier alpha value is -4.00. The Labute approximate surface area is 277 Å². The molecule has 12 heteroatoms. The van der Waals surface area contributed by atoms with Crippen LogP contribution in [-0.4, -0.2) is 77.2 Å². The molecule has 11 nitrogen and oxygen atoms in total. The van der Waals surface area contributed by atoms with Gasteiger partial charge in [-0.2, -0.15) is 19.6 Å². The van der Waals surface area contributed by atoms with Crippen molar-refractivity contribution in [2.75, 3.05) is 49.8 Å². The minimum Gasteiger partial charge on any atom is -0.497 e. The van der Waals surface area contributed by atoms with Crippen molar-refractivity contribution in [2.45, 2.75) is 70.7 Å². The van der Waals surface area contributed by atoms with E-state index >= 15 is 0 Å². The first-order chi connectivity index (χ1) is 22.9. The highest BCUT2D eigenvalue weighted by Crippen LogP contribution is 2.39. The van der Waals surface area contributed by atoms with Gasteiger partial charge >= 0.3 is 0 Å². The Morgan fingerprint density at radius 1 is 0.957 bits per heavy atom. The number of imidazole rings is 1. The molecule has 47 heavy (non-hydrogen) atoms. The third-order valence-electron chi connectivity index (χ3n) is 9.30. The second-order valence-electron chi connectivity index (χ2n) is 13.9. The largest absolute Gasteiger partial charge is 0.497 e. The Bertz CT molecular complexity index is 1810. The molecule has 4 heterocycles. The first-order valence-electron chi connectivity index (χ1n) is 16.8. The SMILES string of the molecule is COc1ccc(CN(Cc2nc3ccccc3n2COCC[Si](C)(C)C)c2nc(N3CCOCC3)nc3c(C4CCC4)cnn23)cc1. The molecule has 3 aromatic heterocycles. The van der Waals surface area contributed by atoms with Crippen LogP contribution >= 0.6 is 0 Å². The first-order valence-corrected chi connectivity index (χ1v) is 20.6. The van der Waals surface area contributed by atoms with Gasteiger partial charge in [-0.1, -0.05) is 50.3 Å². The van der Waals surface area contributed by atoms with Gasteiger partial charge in [0.1, 0.15) is 18.3 Å². The van der Waals surface area contributed by atoms with Crippen LogP contribution in [0.4, 0.5) is 11.9 Å². The zero-order valence-corrected chi connectivity index (χ0v) is 29.1. The second kappa shape index (κ2) is 13.6. The standard InChI is InChI=1S/C35H46N8O3Si/c1-44-28-14-12-26(13-15-28)23-41(24-32-37-30-10-5-6-11-31(30)42(32)25-46-20-21-47(2,3)4)35-39-34(40-16-18-45-19-17-40)38-33-29(22-36-43(33)35)27-8-7-9-27/h5-6,10-15,22,27H,7-9,16-21,23-25H2,1-4H3. The summed E-state index contributed by atoms with van der Waals surface area (Å²) in [7, 11) is 0.473. The monoisotopic (exact) mass is 654 g/mol. The fraction of sp³-hybridized carbons (Fsp3) is 0.486. The summed E-state index contributed by atoms with van der Waals surface area (Å²) in [4.78, 5) is 20.1. The predicted molar refractivity (Wildman–Crippen MR) is 187 cm³/mol. The average molecular weight is 655 g/mol. The maximum absolute atomic E-state index is 6.31. The van der Waals surface area contributed by atoms with Crippen molar-refractivity contribution in [2.24, 2.45) is 0 Å². The number of fused-ring (bicyclic) bond motifs is 2. The molecule has 0 atom stereocenters. The van der Waals surface area contributed by atoms with E-state index < -0.39 is 8.07 Å². The van der Waals surface area contributed by atoms with Crippen molar-refractivity contribution in [3.63, 3.8) is 0 Å². The third-order valence-corrected chi connectivity index (χ3v) is 11.0. The molecule has 0 N–H and O–H groups in total. The molecule has 0 unspecified atom stereocenters. The molecular weight excluding hydrogens is 609 g/mol. The van der Waals surface area contributed by atoms with Crippen LogP contribution in [-0.2, 0) is 29.3 Å². The van der Waals surface area contributed by atoms with Gasteiger partial charge < -0.3 is 28.6 Å². The summed E-state index contributed by atoms with van der Waals surface area (Å²) in [6, 6.07) is 17.7. The van der Waals surface area contributed by atoms with Crippen LogP contribution in [0.15, 0.2) is 54.7 Å². The summed E-state index contributed by atoms with van der Waals surface area (Å²) in [6.07, 6.45) is 5.60. The molecule has 5 aromatic rings. The molecule has 0 radical (unpaired) electrons. The Morgan fingerprint density at radius 3 is 2.47 bits per heavy atom. The lowest BCUT2D eigenvalue weighted by atomic mass is 9.81. The summed E-state index contributed by atoms with van der Waals surface area (Å²) in [5.74, 6) is 3.70. The van der Waals surface area contributed by atoms with Crippen LogP contribution in [0.5, 0.6) is 5.75 Å². The van der Waals surface area contributed by atoms with E-state index in [9.17, 15) is 0 Å². The number of rotatable bonds is 13. The summed E-state index contributed by atoms with van der Waals surface area (Å²) in [5.41, 5.74) is 5.25. The lowest BCUT2D eigenvalue weighted by Crippen LogP contribution is -2.38. The van der Waals surface area contributed by atoms with Crippen LogP contribution in [0.3, 0.4) is 0 Å². The fourth-order valence-corrected chi connectivity index (χ4v) is 6.99. The highest BCUT2D eigenvalue weighted by molar-refractivity contribution is 6.76. The number of morpholine rings is 1. The van der Waals surface area contributed by atoms with Crippen molar-refractivity contribution in [3.8, 4) is 5.75 Å². The first kappa shape index (κ1) is 31.6. The number of hydrogen-bond acceptors (Lipinski definition) is 9. The number of methoxy groups -OCH3 is 1. The van der Waals surface area contributed by atoms with Gasteiger partial charge in [0.2, 0.25) is 11.9 Å². The molecule has 2 fully saturated rings. The molecule has 1 saturated carbocycles. The van der Waals surface area contributed by atoms with Gasteiger partial charge in [0.15, 0.2) is 5.65 Å². The minimum atomic E-state index is -1.22. The third kappa shape index (κ3) is 7.00. The lowest BCUT2D eigenvalue weighted by molar-refractivity contribution is 0.0878. The maximum atomic E-state index is 6.31. The van der Waals surface area contributed by atoms with Crippen LogP contribution < -0.4 is 14.5 Å². The molecule has 2 aliphatic rings. The number of nitrogens with zero attached hydrogens (tertiary/aromatic N) is 8. The lowest BCUT2D eigenvalue weighted by Gasteiger charge is -2.30. The van der Waals surface area contributed by atoms with E-state index in [0.29, 0.717) is 39.0 Å². The Balaban J connectivity index is 1.31. The van der Waals surface area contributed by atoms with Gasteiger partial charge in [-0.15, -0.1) is 0 Å². The fourth-order valence-electron chi connectivity index (χ4n) is 6.23. The zero-order chi connectivity index (χ0) is 32.4. The van der Waals surface area contributed by atoms with Gasteiger partial charge in [0.25, 0.3) is 0 Å². The Kier molecular flexibility index (Phi) is 9.15. The topological polar surface area (TPSA) is 95.1 Å². The van der Waals surface area contributed by atoms with Gasteiger partial charge in [-0.25, -0.2) is 4.98 Å². The molecule has 248 valence electrons. The van der Waals surface area contributed by atoms with Crippen LogP contribution in [0.1, 0.15) is 42.1 Å². The Morgan fingerprint density at radius 2 is 1.74 bits per heavy atom. The van der Waals surface area contributed by atoms with Crippen molar-refractivity contribution in [3.05, 3.63) is 71.7 Å². The molecular formula is C35H46N8O3Si. The minimum absolute atomic E-state index is 0.447. The normalized spacial score (nSPS) is 15.8. The molecule has 7 rings (SSSR count). The molecule has 2 aromatic carbocycles. The number of benzene rings is 2. The molecule has 0 bridgehead atoms. The number of ether oxygens (including phenoxy) is 3. The van der Waals surface area contributed by atoms with Crippen molar-refractivity contribution < 1.29 is 14.2 Å². The van der Waals surface area contributed by atoms with Crippen molar-refractivity contribution in [1.29, 1.82) is 0 Å². The van der Waals surface area contributed by atoms with Crippen molar-refractivity contribution in [1.82, 2.24) is 29.1 Å². The molecule has 0 spiro atoms. The average Bonchev–Trinajstić information content (AvgIpc) is 3.63. The van der Waals surface area contributed by atoms with Crippen LogP contribution in [0, 0.1) is 0 Å². The number of hydrogen-bond donors (Lipinski definition) is 0. The molecule has 1 saturated heterocycles. The predicted octanol–water partition coefficient (Wildman–Crippen LogP) is 6.11. The van der Waals surface area contributed by atoms with Crippen molar-refractivity contribution >= 4 is 36.7 Å². The van der Waals surface area contributed by atoms with Gasteiger partial charge in [-0.05, 0) is 54.6 Å². The van der Waals surface area contributed by atoms with Gasteiger partial charge in [-0.3, -0.25) is 0 Å². The summed E-state index contributed by atoms with van der Waals surface area (Å²) in [6.45, 7) is 12.3. The maximum Gasteiger partial charge on any atom is 0.232 e. The molecule has 0 amide bonds. The number of para-hydroxylation sites is 2. The number of aromatic nitrogens is 6. The van der Waals surface area contributed by atoms with E-state index in [1.165, 1.54) is 24.8 Å². The van der Waals surface area contributed by atoms with Crippen LogP contribution in [0.2, 0.25) is 25.7 Å². The van der Waals surface area contributed by atoms with E-state index in [0.717, 1.165) is 71.5 Å².